The van der Waals surface area contributed by atoms with Crippen molar-refractivity contribution in [1.29, 1.82) is 5.41 Å². The van der Waals surface area contributed by atoms with E-state index in [9.17, 15) is 0 Å². The molecular weight excluding hydrogens is 142 g/mol. The highest BCUT2D eigenvalue weighted by Crippen LogP contribution is 1.72. The zero-order valence-electron chi connectivity index (χ0n) is 4.48. The van der Waals surface area contributed by atoms with E-state index in [-0.39, 0.29) is 18.4 Å². The molecule has 0 aliphatic rings. The number of nitrogens with two attached hydrogens (primary N) is 1. The Kier molecular flexibility index (Phi) is 2.66. The van der Waals surface area contributed by atoms with E-state index in [1.54, 1.807) is 0 Å². The normalized spacial score (nSPS) is 8.00. The first-order chi connectivity index (χ1) is 3.80. The van der Waals surface area contributed by atoms with Gasteiger partial charge in [0.05, 0.1) is 12.4 Å². The number of nitrogens with zero attached hydrogens (tertiary/aromatic N) is 3. The fourth-order valence-electron chi connectivity index (χ4n) is 0.337. The lowest BCUT2D eigenvalue weighted by atomic mass is 10.9. The molecule has 0 aliphatic carbocycles. The minimum absolute atomic E-state index is 0. The zero-order valence-corrected chi connectivity index (χ0v) is 5.30. The Balaban J connectivity index is 0.000000640. The van der Waals surface area contributed by atoms with Gasteiger partial charge < -0.3 is 5.73 Å². The van der Waals surface area contributed by atoms with Crippen LogP contribution in [-0.4, -0.2) is 21.0 Å². The van der Waals surface area contributed by atoms with Crippen LogP contribution >= 0.6 is 12.4 Å². The van der Waals surface area contributed by atoms with Crippen molar-refractivity contribution < 1.29 is 0 Å². The molecule has 1 heterocycles. The summed E-state index contributed by atoms with van der Waals surface area (Å²) in [5.41, 5.74) is 5.00. The quantitative estimate of drug-likeness (QED) is 0.381. The Morgan fingerprint density at radius 2 is 2.33 bits per heavy atom. The standard InChI is InChI=1S/C3H5N5.ClH/c4-3(5)8-2-1-6-7-8;/h1-2H,(H3,4,5);1H. The van der Waals surface area contributed by atoms with Crippen LogP contribution in [0, 0.1) is 5.41 Å². The lowest BCUT2D eigenvalue weighted by Crippen LogP contribution is -2.20. The minimum atomic E-state index is -0.123. The summed E-state index contributed by atoms with van der Waals surface area (Å²) in [6.07, 6.45) is 2.96. The Hall–Kier alpha value is -1.10. The minimum Gasteiger partial charge on any atom is -0.368 e. The molecule has 0 amide bonds. The van der Waals surface area contributed by atoms with E-state index < -0.39 is 0 Å². The van der Waals surface area contributed by atoms with E-state index in [0.29, 0.717) is 0 Å². The van der Waals surface area contributed by atoms with Gasteiger partial charge in [-0.25, -0.2) is 0 Å². The van der Waals surface area contributed by atoms with Gasteiger partial charge in [-0.3, -0.25) is 5.41 Å². The molecule has 0 bridgehead atoms. The van der Waals surface area contributed by atoms with Gasteiger partial charge in [-0.2, -0.15) is 4.68 Å². The number of nitrogens with one attached hydrogen (secondary N) is 1. The van der Waals surface area contributed by atoms with Gasteiger partial charge in [-0.15, -0.1) is 17.5 Å². The van der Waals surface area contributed by atoms with Crippen molar-refractivity contribution in [1.82, 2.24) is 15.0 Å². The van der Waals surface area contributed by atoms with Crippen LogP contribution < -0.4 is 5.73 Å². The molecule has 0 saturated heterocycles. The maximum Gasteiger partial charge on any atom is 0.215 e. The van der Waals surface area contributed by atoms with E-state index in [2.05, 4.69) is 10.3 Å². The van der Waals surface area contributed by atoms with Gasteiger partial charge in [-0.1, -0.05) is 5.21 Å². The Bertz CT molecular complexity index is 180. The Labute approximate surface area is 57.8 Å². The molecule has 0 saturated carbocycles. The Morgan fingerprint density at radius 1 is 1.67 bits per heavy atom. The molecule has 1 aromatic heterocycles. The number of rotatable bonds is 0. The van der Waals surface area contributed by atoms with Gasteiger partial charge in [-0.05, 0) is 0 Å². The highest BCUT2D eigenvalue weighted by Gasteiger charge is 1.88. The van der Waals surface area contributed by atoms with E-state index in [0.717, 1.165) is 0 Å². The monoisotopic (exact) mass is 147 g/mol. The first kappa shape index (κ1) is 7.90. The highest BCUT2D eigenvalue weighted by atomic mass is 35.5. The van der Waals surface area contributed by atoms with Crippen molar-refractivity contribution in [2.75, 3.05) is 0 Å². The summed E-state index contributed by atoms with van der Waals surface area (Å²) in [7, 11) is 0. The SMILES string of the molecule is Cl.N=C(N)n1ccnn1. The summed E-state index contributed by atoms with van der Waals surface area (Å²) >= 11 is 0. The average Bonchev–Trinajstić information content (AvgIpc) is 2.12. The molecule has 0 fully saturated rings. The molecule has 0 aromatic carbocycles. The molecule has 0 unspecified atom stereocenters. The number of nitrogen functional groups attached to an aromatic ring is 1. The first-order valence-electron chi connectivity index (χ1n) is 2.01. The van der Waals surface area contributed by atoms with E-state index in [4.69, 9.17) is 11.1 Å². The topological polar surface area (TPSA) is 80.6 Å². The largest absolute Gasteiger partial charge is 0.368 e. The van der Waals surface area contributed by atoms with Crippen molar-refractivity contribution in [3.05, 3.63) is 12.4 Å². The molecule has 0 atom stereocenters. The summed E-state index contributed by atoms with van der Waals surface area (Å²) in [5, 5.41) is 13.7. The third-order valence-corrected chi connectivity index (χ3v) is 0.669. The summed E-state index contributed by atoms with van der Waals surface area (Å²) in [6, 6.07) is 0. The molecule has 3 N–H and O–H groups in total. The van der Waals surface area contributed by atoms with Crippen LogP contribution in [0.5, 0.6) is 0 Å². The summed E-state index contributed by atoms with van der Waals surface area (Å²) in [4.78, 5) is 0. The lowest BCUT2D eigenvalue weighted by Gasteiger charge is -1.89. The van der Waals surface area contributed by atoms with Crippen molar-refractivity contribution >= 4 is 18.4 Å². The van der Waals surface area contributed by atoms with E-state index >= 15 is 0 Å². The predicted molar refractivity (Wildman–Crippen MR) is 34.6 cm³/mol. The van der Waals surface area contributed by atoms with Crippen molar-refractivity contribution in [2.45, 2.75) is 0 Å². The predicted octanol–water partition coefficient (Wildman–Crippen LogP) is -0.559. The van der Waals surface area contributed by atoms with Crippen LogP contribution in [0.1, 0.15) is 0 Å². The molecule has 1 rings (SSSR count). The van der Waals surface area contributed by atoms with E-state index in [1.165, 1.54) is 17.1 Å². The fourth-order valence-corrected chi connectivity index (χ4v) is 0.337. The van der Waals surface area contributed by atoms with Crippen LogP contribution in [0.25, 0.3) is 0 Å². The van der Waals surface area contributed by atoms with Crippen LogP contribution in [0.4, 0.5) is 0 Å². The van der Waals surface area contributed by atoms with E-state index in [1.807, 2.05) is 0 Å². The third kappa shape index (κ3) is 1.69. The van der Waals surface area contributed by atoms with Crippen molar-refractivity contribution in [3.63, 3.8) is 0 Å². The average molecular weight is 148 g/mol. The summed E-state index contributed by atoms with van der Waals surface area (Å²) in [6.45, 7) is 0. The van der Waals surface area contributed by atoms with Crippen LogP contribution in [0.2, 0.25) is 0 Å². The van der Waals surface area contributed by atoms with Crippen LogP contribution in [0.3, 0.4) is 0 Å². The fraction of sp³-hybridized carbons (Fsp3) is 0. The zero-order chi connectivity index (χ0) is 5.98. The van der Waals surface area contributed by atoms with Gasteiger partial charge >= 0.3 is 0 Å². The second-order valence-electron chi connectivity index (χ2n) is 1.23. The Morgan fingerprint density at radius 3 is 2.56 bits per heavy atom. The maximum atomic E-state index is 6.79. The summed E-state index contributed by atoms with van der Waals surface area (Å²) in [5.74, 6) is -0.123. The lowest BCUT2D eigenvalue weighted by molar-refractivity contribution is 0.828. The molecule has 50 valence electrons. The van der Waals surface area contributed by atoms with Crippen molar-refractivity contribution in [2.24, 2.45) is 5.73 Å². The van der Waals surface area contributed by atoms with Crippen LogP contribution in [0.15, 0.2) is 12.4 Å². The molecule has 1 aromatic rings. The molecule has 6 heteroatoms. The van der Waals surface area contributed by atoms with Crippen molar-refractivity contribution in [3.8, 4) is 0 Å². The first-order valence-corrected chi connectivity index (χ1v) is 2.01. The van der Waals surface area contributed by atoms with Crippen LogP contribution in [-0.2, 0) is 0 Å². The van der Waals surface area contributed by atoms with Gasteiger partial charge in [0.2, 0.25) is 5.96 Å². The number of halogens is 1. The number of hydrogen-bond acceptors (Lipinski definition) is 3. The van der Waals surface area contributed by atoms with Gasteiger partial charge in [0.25, 0.3) is 0 Å². The molecule has 9 heavy (non-hydrogen) atoms. The second kappa shape index (κ2) is 3.03. The molecule has 0 spiro atoms. The van der Waals surface area contributed by atoms with Gasteiger partial charge in [0.1, 0.15) is 0 Å². The van der Waals surface area contributed by atoms with Gasteiger partial charge in [0, 0.05) is 0 Å². The maximum absolute atomic E-state index is 6.79. The smallest absolute Gasteiger partial charge is 0.215 e. The second-order valence-corrected chi connectivity index (χ2v) is 1.23. The summed E-state index contributed by atoms with van der Waals surface area (Å²) < 4.78 is 1.17. The van der Waals surface area contributed by atoms with Gasteiger partial charge in [0.15, 0.2) is 0 Å². The number of aromatic nitrogens is 3. The number of hydrogen-bond donors (Lipinski definition) is 2. The molecule has 5 nitrogen and oxygen atoms in total. The highest BCUT2D eigenvalue weighted by molar-refractivity contribution is 5.85. The molecular formula is C3H6ClN5. The third-order valence-electron chi connectivity index (χ3n) is 0.669. The molecule has 0 radical (unpaired) electrons. The molecule has 0 aliphatic heterocycles.